The maximum absolute atomic E-state index is 8.88. The summed E-state index contributed by atoms with van der Waals surface area (Å²) in [4.78, 5) is 4.78. The molecule has 140 valence electrons. The van der Waals surface area contributed by atoms with Gasteiger partial charge in [0, 0.05) is 33.1 Å². The molecule has 2 aliphatic rings. The van der Waals surface area contributed by atoms with Gasteiger partial charge in [0.05, 0.1) is 11.3 Å². The summed E-state index contributed by atoms with van der Waals surface area (Å²) in [6.45, 7) is 2.15. The molecule has 0 atom stereocenters. The third-order valence-corrected chi connectivity index (χ3v) is 6.32. The van der Waals surface area contributed by atoms with Gasteiger partial charge in [0.25, 0.3) is 0 Å². The van der Waals surface area contributed by atoms with Crippen LogP contribution >= 0.6 is 0 Å². The van der Waals surface area contributed by atoms with E-state index in [4.69, 9.17) is 7.73 Å². The fourth-order valence-electron chi connectivity index (χ4n) is 4.87. The van der Waals surface area contributed by atoms with E-state index in [1.165, 1.54) is 33.4 Å². The number of aromatic nitrogens is 2. The molecule has 0 aliphatic heterocycles. The Labute approximate surface area is 174 Å². The summed E-state index contributed by atoms with van der Waals surface area (Å²) in [7, 11) is 2.05. The molecule has 0 fully saturated rings. The SMILES string of the molecule is [2H]C1([2H])Cc2cccc(c2)-c2nccc3c2Cc2c-3ccc(C)c2-c2cc1cc[n+]2C. The van der Waals surface area contributed by atoms with Gasteiger partial charge in [-0.3, -0.25) is 4.98 Å². The summed E-state index contributed by atoms with van der Waals surface area (Å²) in [6.07, 6.45) is 3.60. The van der Waals surface area contributed by atoms with Gasteiger partial charge in [0.2, 0.25) is 5.69 Å². The first-order chi connectivity index (χ1) is 14.9. The molecule has 29 heavy (non-hydrogen) atoms. The first-order valence-corrected chi connectivity index (χ1v) is 10.1. The largest absolute Gasteiger partial charge is 0.256 e. The monoisotopic (exact) mass is 377 g/mol. The van der Waals surface area contributed by atoms with Crippen LogP contribution < -0.4 is 4.57 Å². The highest BCUT2D eigenvalue weighted by atomic mass is 14.9. The van der Waals surface area contributed by atoms with Crippen molar-refractivity contribution in [1.29, 1.82) is 0 Å². The molecule has 0 saturated heterocycles. The molecule has 2 aliphatic carbocycles. The van der Waals surface area contributed by atoms with Crippen LogP contribution in [0.2, 0.25) is 0 Å². The van der Waals surface area contributed by atoms with Crippen molar-refractivity contribution in [3.8, 4) is 33.6 Å². The molecular weight excluding hydrogens is 352 g/mol. The molecule has 0 saturated carbocycles. The maximum atomic E-state index is 8.88. The van der Waals surface area contributed by atoms with Crippen LogP contribution in [0.25, 0.3) is 33.6 Å². The van der Waals surface area contributed by atoms with E-state index >= 15 is 0 Å². The van der Waals surface area contributed by atoms with Crippen LogP contribution in [0.15, 0.2) is 67.0 Å². The molecule has 4 aromatic rings. The number of hydrogen-bond acceptors (Lipinski definition) is 1. The van der Waals surface area contributed by atoms with Gasteiger partial charge < -0.3 is 0 Å². The van der Waals surface area contributed by atoms with Gasteiger partial charge in [-0.05, 0) is 70.8 Å². The van der Waals surface area contributed by atoms with Gasteiger partial charge in [-0.15, -0.1) is 0 Å². The lowest BCUT2D eigenvalue weighted by molar-refractivity contribution is -0.660. The number of pyridine rings is 2. The van der Waals surface area contributed by atoms with Gasteiger partial charge in [0.1, 0.15) is 7.05 Å². The van der Waals surface area contributed by atoms with Crippen LogP contribution in [0.4, 0.5) is 0 Å². The average molecular weight is 378 g/mol. The fraction of sp³-hybridized carbons (Fsp3) is 0.185. The molecule has 0 unspecified atom stereocenters. The van der Waals surface area contributed by atoms with E-state index in [-0.39, 0.29) is 0 Å². The minimum atomic E-state index is -1.47. The summed E-state index contributed by atoms with van der Waals surface area (Å²) in [6, 6.07) is 18.8. The predicted octanol–water partition coefficient (Wildman–Crippen LogP) is 5.22. The molecule has 2 aromatic carbocycles. The van der Waals surface area contributed by atoms with Crippen molar-refractivity contribution in [2.75, 3.05) is 0 Å². The Hall–Kier alpha value is -3.26. The van der Waals surface area contributed by atoms with Crippen molar-refractivity contribution in [3.63, 3.8) is 0 Å². The zero-order valence-corrected chi connectivity index (χ0v) is 16.7. The van der Waals surface area contributed by atoms with E-state index in [2.05, 4.69) is 41.8 Å². The molecule has 6 rings (SSSR count). The zero-order chi connectivity index (χ0) is 21.3. The molecule has 2 heteroatoms. The number of hydrogen-bond donors (Lipinski definition) is 0. The summed E-state index contributed by atoms with van der Waals surface area (Å²) in [5.74, 6) is 0. The summed E-state index contributed by atoms with van der Waals surface area (Å²) < 4.78 is 19.9. The lowest BCUT2D eigenvalue weighted by Crippen LogP contribution is -2.31. The van der Waals surface area contributed by atoms with Crippen LogP contribution in [0, 0.1) is 6.92 Å². The summed E-state index contributed by atoms with van der Waals surface area (Å²) >= 11 is 0. The van der Waals surface area contributed by atoms with Crippen LogP contribution in [0.1, 0.15) is 30.6 Å². The Morgan fingerprint density at radius 2 is 1.86 bits per heavy atom. The second-order valence-corrected chi connectivity index (χ2v) is 8.11. The molecular formula is C27H23N2+. The molecule has 2 aromatic heterocycles. The Morgan fingerprint density at radius 3 is 2.79 bits per heavy atom. The molecule has 0 N–H and O–H groups in total. The Balaban J connectivity index is 1.75. The number of rotatable bonds is 0. The molecule has 6 bridgehead atoms. The molecule has 2 nitrogen and oxygen atoms in total. The van der Waals surface area contributed by atoms with E-state index in [1.807, 2.05) is 43.7 Å². The molecule has 0 amide bonds. The third kappa shape index (κ3) is 2.49. The van der Waals surface area contributed by atoms with Crippen LogP contribution in [-0.4, -0.2) is 4.98 Å². The van der Waals surface area contributed by atoms with Crippen LogP contribution in [-0.2, 0) is 26.3 Å². The van der Waals surface area contributed by atoms with Crippen LogP contribution in [0.3, 0.4) is 0 Å². The number of fused-ring (bicyclic) bond motifs is 7. The molecule has 0 radical (unpaired) electrons. The van der Waals surface area contributed by atoms with E-state index in [1.54, 1.807) is 0 Å². The predicted molar refractivity (Wildman–Crippen MR) is 117 cm³/mol. The first kappa shape index (κ1) is 14.7. The second-order valence-electron chi connectivity index (χ2n) is 8.11. The van der Waals surface area contributed by atoms with Crippen molar-refractivity contribution >= 4 is 0 Å². The minimum absolute atomic E-state index is 0.328. The number of benzene rings is 2. The fourth-order valence-corrected chi connectivity index (χ4v) is 4.87. The summed E-state index contributed by atoms with van der Waals surface area (Å²) in [5, 5.41) is 0. The van der Waals surface area contributed by atoms with E-state index < -0.39 is 6.37 Å². The van der Waals surface area contributed by atoms with Crippen molar-refractivity contribution in [1.82, 2.24) is 4.98 Å². The third-order valence-electron chi connectivity index (χ3n) is 6.32. The number of nitrogens with zero attached hydrogens (tertiary/aromatic N) is 2. The Bertz CT molecular complexity index is 1390. The minimum Gasteiger partial charge on any atom is -0.256 e. The first-order valence-electron chi connectivity index (χ1n) is 11.1. The quantitative estimate of drug-likeness (QED) is 0.338. The Kier molecular flexibility index (Phi) is 3.10. The number of aryl methyl sites for hydroxylation is 4. The Morgan fingerprint density at radius 1 is 0.966 bits per heavy atom. The lowest BCUT2D eigenvalue weighted by Gasteiger charge is -2.12. The molecule has 0 spiro atoms. The van der Waals surface area contributed by atoms with Crippen molar-refractivity contribution in [3.05, 3.63) is 94.8 Å². The highest BCUT2D eigenvalue weighted by Gasteiger charge is 2.29. The topological polar surface area (TPSA) is 16.8 Å². The van der Waals surface area contributed by atoms with Gasteiger partial charge in [-0.2, -0.15) is 0 Å². The van der Waals surface area contributed by atoms with E-state index in [0.717, 1.165) is 34.5 Å². The van der Waals surface area contributed by atoms with E-state index in [0.29, 0.717) is 6.42 Å². The normalized spacial score (nSPS) is 16.2. The standard InChI is InChI=1S/C27H23N2/c1-17-6-9-21-22-10-12-28-27-20-5-3-4-18(14-20)7-8-19-11-13-29(2)25(15-19)26(17)23(21)16-24(22)27/h3-6,9-15H,7-8,16H2,1-2H3/q+1/i8D2. The van der Waals surface area contributed by atoms with Gasteiger partial charge >= 0.3 is 0 Å². The maximum Gasteiger partial charge on any atom is 0.213 e. The van der Waals surface area contributed by atoms with E-state index in [9.17, 15) is 0 Å². The highest BCUT2D eigenvalue weighted by molar-refractivity contribution is 5.88. The highest BCUT2D eigenvalue weighted by Crippen LogP contribution is 2.45. The molecule has 2 heterocycles. The van der Waals surface area contributed by atoms with Crippen LogP contribution in [0.5, 0.6) is 0 Å². The van der Waals surface area contributed by atoms with Crippen molar-refractivity contribution in [2.24, 2.45) is 7.05 Å². The van der Waals surface area contributed by atoms with Gasteiger partial charge in [-0.1, -0.05) is 30.3 Å². The van der Waals surface area contributed by atoms with Crippen molar-refractivity contribution in [2.45, 2.75) is 26.1 Å². The lowest BCUT2D eigenvalue weighted by atomic mass is 9.93. The van der Waals surface area contributed by atoms with Gasteiger partial charge in [0.15, 0.2) is 6.20 Å². The zero-order valence-electron chi connectivity index (χ0n) is 18.7. The van der Waals surface area contributed by atoms with Crippen molar-refractivity contribution < 1.29 is 7.31 Å². The summed E-state index contributed by atoms with van der Waals surface area (Å²) in [5.41, 5.74) is 12.4. The van der Waals surface area contributed by atoms with Gasteiger partial charge in [-0.25, -0.2) is 4.57 Å². The second kappa shape index (κ2) is 6.12. The smallest absolute Gasteiger partial charge is 0.213 e. The average Bonchev–Trinajstić information content (AvgIpc) is 3.12.